The Kier molecular flexibility index (Phi) is 6.19. The average Bonchev–Trinajstić information content (AvgIpc) is 3.16. The third-order valence-electron chi connectivity index (χ3n) is 5.72. The Hall–Kier alpha value is -1.79. The van der Waals surface area contributed by atoms with Crippen LogP contribution < -0.4 is 10.5 Å². The molecule has 0 saturated carbocycles. The van der Waals surface area contributed by atoms with E-state index < -0.39 is 0 Å². The van der Waals surface area contributed by atoms with Crippen LogP contribution in [0.15, 0.2) is 24.3 Å². The number of likely N-dealkylation sites (tertiary alicyclic amines) is 2. The Morgan fingerprint density at radius 3 is 2.54 bits per heavy atom. The lowest BCUT2D eigenvalue weighted by atomic mass is 9.90. The molecule has 26 heavy (non-hydrogen) atoms. The number of ether oxygens (including phenoxy) is 1. The summed E-state index contributed by atoms with van der Waals surface area (Å²) < 4.78 is 5.20. The summed E-state index contributed by atoms with van der Waals surface area (Å²) in [5.41, 5.74) is 6.81. The number of nitrogens with two attached hydrogens (primary N) is 1. The molecule has 2 aliphatic heterocycles. The van der Waals surface area contributed by atoms with Crippen LogP contribution in [0.3, 0.4) is 0 Å². The minimum absolute atomic E-state index is 0. The molecule has 1 aromatic carbocycles. The van der Waals surface area contributed by atoms with Gasteiger partial charge in [-0.3, -0.25) is 9.59 Å². The molecule has 7 heteroatoms. The summed E-state index contributed by atoms with van der Waals surface area (Å²) >= 11 is 0. The van der Waals surface area contributed by atoms with Gasteiger partial charge in [0.1, 0.15) is 5.75 Å². The maximum absolute atomic E-state index is 13.1. The van der Waals surface area contributed by atoms with Crippen LogP contribution in [-0.2, 0) is 9.59 Å². The minimum Gasteiger partial charge on any atom is -0.497 e. The van der Waals surface area contributed by atoms with Crippen LogP contribution in [0.1, 0.15) is 31.4 Å². The molecule has 1 aromatic rings. The highest BCUT2D eigenvalue weighted by Gasteiger charge is 2.46. The monoisotopic (exact) mass is 381 g/mol. The van der Waals surface area contributed by atoms with E-state index >= 15 is 0 Å². The zero-order valence-corrected chi connectivity index (χ0v) is 16.4. The minimum atomic E-state index is -0.342. The van der Waals surface area contributed by atoms with Crippen LogP contribution in [0, 0.1) is 11.3 Å². The number of carbonyl (C=O) groups is 2. The third kappa shape index (κ3) is 3.67. The SMILES string of the molecule is COc1ccc(C2C(C(=O)N3CCC(C)(CN)C3)CC(=O)N2C)cc1.Cl. The van der Waals surface area contributed by atoms with E-state index in [1.807, 2.05) is 29.2 Å². The molecular weight excluding hydrogens is 354 g/mol. The smallest absolute Gasteiger partial charge is 0.228 e. The first-order valence-electron chi connectivity index (χ1n) is 8.77. The number of hydrogen-bond acceptors (Lipinski definition) is 4. The number of amides is 2. The van der Waals surface area contributed by atoms with Gasteiger partial charge < -0.3 is 20.3 Å². The summed E-state index contributed by atoms with van der Waals surface area (Å²) in [6, 6.07) is 7.39. The molecule has 2 amide bonds. The Morgan fingerprint density at radius 1 is 1.35 bits per heavy atom. The molecule has 2 heterocycles. The van der Waals surface area contributed by atoms with E-state index in [0.717, 1.165) is 24.3 Å². The topological polar surface area (TPSA) is 75.9 Å². The van der Waals surface area contributed by atoms with Crippen molar-refractivity contribution in [1.29, 1.82) is 0 Å². The highest BCUT2D eigenvalue weighted by Crippen LogP contribution is 2.40. The van der Waals surface area contributed by atoms with Crippen molar-refractivity contribution in [3.8, 4) is 5.75 Å². The van der Waals surface area contributed by atoms with E-state index in [2.05, 4.69) is 6.92 Å². The largest absolute Gasteiger partial charge is 0.497 e. The van der Waals surface area contributed by atoms with Crippen LogP contribution in [0.2, 0.25) is 0 Å². The zero-order chi connectivity index (χ0) is 18.2. The van der Waals surface area contributed by atoms with Gasteiger partial charge >= 0.3 is 0 Å². The Bertz CT molecular complexity index is 666. The Morgan fingerprint density at radius 2 is 2.00 bits per heavy atom. The second-order valence-corrected chi connectivity index (χ2v) is 7.56. The molecule has 0 bridgehead atoms. The van der Waals surface area contributed by atoms with Gasteiger partial charge in [0.25, 0.3) is 0 Å². The number of benzene rings is 1. The highest BCUT2D eigenvalue weighted by atomic mass is 35.5. The molecule has 3 rings (SSSR count). The first kappa shape index (κ1) is 20.5. The summed E-state index contributed by atoms with van der Waals surface area (Å²) in [5.74, 6) is 0.499. The molecule has 3 atom stereocenters. The second kappa shape index (κ2) is 7.84. The summed E-state index contributed by atoms with van der Waals surface area (Å²) in [6.45, 7) is 4.08. The summed E-state index contributed by atoms with van der Waals surface area (Å²) in [5, 5.41) is 0. The number of hydrogen-bond donors (Lipinski definition) is 1. The average molecular weight is 382 g/mol. The molecule has 0 aliphatic carbocycles. The molecule has 2 N–H and O–H groups in total. The Balaban J connectivity index is 0.00000243. The summed E-state index contributed by atoms with van der Waals surface area (Å²) in [4.78, 5) is 29.0. The van der Waals surface area contributed by atoms with Gasteiger partial charge in [0.15, 0.2) is 0 Å². The molecule has 3 unspecified atom stereocenters. The third-order valence-corrected chi connectivity index (χ3v) is 5.72. The highest BCUT2D eigenvalue weighted by molar-refractivity contribution is 5.90. The first-order valence-corrected chi connectivity index (χ1v) is 8.77. The van der Waals surface area contributed by atoms with Crippen molar-refractivity contribution < 1.29 is 14.3 Å². The van der Waals surface area contributed by atoms with E-state index in [1.165, 1.54) is 0 Å². The number of carbonyl (C=O) groups excluding carboxylic acids is 2. The Labute approximate surface area is 161 Å². The van der Waals surface area contributed by atoms with Crippen molar-refractivity contribution >= 4 is 24.2 Å². The lowest BCUT2D eigenvalue weighted by Gasteiger charge is -2.29. The van der Waals surface area contributed by atoms with Crippen molar-refractivity contribution in [2.75, 3.05) is 33.8 Å². The molecule has 2 saturated heterocycles. The van der Waals surface area contributed by atoms with E-state index in [9.17, 15) is 9.59 Å². The van der Waals surface area contributed by atoms with Gasteiger partial charge in [-0.2, -0.15) is 0 Å². The molecule has 2 aliphatic rings. The van der Waals surface area contributed by atoms with Crippen LogP contribution in [0.5, 0.6) is 5.75 Å². The molecule has 0 radical (unpaired) electrons. The van der Waals surface area contributed by atoms with Gasteiger partial charge in [0.05, 0.1) is 19.1 Å². The van der Waals surface area contributed by atoms with Crippen molar-refractivity contribution in [2.45, 2.75) is 25.8 Å². The summed E-state index contributed by atoms with van der Waals surface area (Å²) in [7, 11) is 3.40. The second-order valence-electron chi connectivity index (χ2n) is 7.56. The predicted molar refractivity (Wildman–Crippen MR) is 102 cm³/mol. The van der Waals surface area contributed by atoms with E-state index in [4.69, 9.17) is 10.5 Å². The van der Waals surface area contributed by atoms with Crippen molar-refractivity contribution in [3.05, 3.63) is 29.8 Å². The number of rotatable bonds is 4. The van der Waals surface area contributed by atoms with Crippen LogP contribution >= 0.6 is 12.4 Å². The van der Waals surface area contributed by atoms with Gasteiger partial charge in [-0.1, -0.05) is 19.1 Å². The normalized spacial score (nSPS) is 28.2. The fraction of sp³-hybridized carbons (Fsp3) is 0.579. The van der Waals surface area contributed by atoms with Crippen LogP contribution in [-0.4, -0.2) is 55.4 Å². The van der Waals surface area contributed by atoms with E-state index in [1.54, 1.807) is 19.1 Å². The van der Waals surface area contributed by atoms with Crippen LogP contribution in [0.4, 0.5) is 0 Å². The molecule has 144 valence electrons. The molecule has 0 aromatic heterocycles. The predicted octanol–water partition coefficient (Wildman–Crippen LogP) is 1.83. The quantitative estimate of drug-likeness (QED) is 0.863. The van der Waals surface area contributed by atoms with E-state index in [0.29, 0.717) is 13.1 Å². The number of methoxy groups -OCH3 is 1. The first-order chi connectivity index (χ1) is 11.9. The fourth-order valence-electron chi connectivity index (χ4n) is 3.96. The van der Waals surface area contributed by atoms with Crippen molar-refractivity contribution in [3.63, 3.8) is 0 Å². The van der Waals surface area contributed by atoms with E-state index in [-0.39, 0.29) is 48.0 Å². The summed E-state index contributed by atoms with van der Waals surface area (Å²) in [6.07, 6.45) is 1.18. The zero-order valence-electron chi connectivity index (χ0n) is 15.6. The standard InChI is InChI=1S/C19H27N3O3.ClH/c1-19(11-20)8-9-22(12-19)18(24)15-10-16(23)21(2)17(15)13-4-6-14(25-3)7-5-13;/h4-7,15,17H,8-12,20H2,1-3H3;1H. The lowest BCUT2D eigenvalue weighted by molar-refractivity contribution is -0.135. The number of halogens is 1. The number of nitrogens with zero attached hydrogens (tertiary/aromatic N) is 2. The van der Waals surface area contributed by atoms with Crippen molar-refractivity contribution in [2.24, 2.45) is 17.1 Å². The van der Waals surface area contributed by atoms with Gasteiger partial charge in [-0.25, -0.2) is 0 Å². The van der Waals surface area contributed by atoms with Crippen LogP contribution in [0.25, 0.3) is 0 Å². The lowest BCUT2D eigenvalue weighted by Crippen LogP contribution is -2.39. The van der Waals surface area contributed by atoms with Gasteiger partial charge in [0.2, 0.25) is 11.8 Å². The fourth-order valence-corrected chi connectivity index (χ4v) is 3.96. The van der Waals surface area contributed by atoms with Crippen molar-refractivity contribution in [1.82, 2.24) is 9.80 Å². The maximum atomic E-state index is 13.1. The molecular formula is C19H28ClN3O3. The molecule has 0 spiro atoms. The van der Waals surface area contributed by atoms with Gasteiger partial charge in [0, 0.05) is 26.6 Å². The van der Waals surface area contributed by atoms with Gasteiger partial charge in [-0.05, 0) is 36.1 Å². The molecule has 2 fully saturated rings. The molecule has 6 nitrogen and oxygen atoms in total. The maximum Gasteiger partial charge on any atom is 0.228 e. The van der Waals surface area contributed by atoms with Gasteiger partial charge in [-0.15, -0.1) is 12.4 Å².